The summed E-state index contributed by atoms with van der Waals surface area (Å²) in [5.41, 5.74) is 1.07. The lowest BCUT2D eigenvalue weighted by atomic mass is 10.2. The lowest BCUT2D eigenvalue weighted by Gasteiger charge is -2.26. The molecule has 0 radical (unpaired) electrons. The molecule has 7 heteroatoms. The van der Waals surface area contributed by atoms with Crippen molar-refractivity contribution in [2.24, 2.45) is 0 Å². The first-order valence-corrected chi connectivity index (χ1v) is 9.92. The summed E-state index contributed by atoms with van der Waals surface area (Å²) in [5.74, 6) is 0.698. The number of hydrogen-bond donors (Lipinski definition) is 0. The van der Waals surface area contributed by atoms with E-state index in [1.54, 1.807) is 23.7 Å². The Balaban J connectivity index is 1.42. The van der Waals surface area contributed by atoms with Crippen LogP contribution in [0.2, 0.25) is 0 Å². The van der Waals surface area contributed by atoms with Crippen molar-refractivity contribution >= 4 is 11.3 Å². The van der Waals surface area contributed by atoms with Gasteiger partial charge in [0, 0.05) is 50.6 Å². The van der Waals surface area contributed by atoms with E-state index in [1.165, 1.54) is 12.8 Å². The average Bonchev–Trinajstić information content (AvgIpc) is 3.38. The molecule has 0 amide bonds. The molecular weight excluding hydrogens is 336 g/mol. The molecule has 2 aliphatic heterocycles. The standard InChI is InChI=1S/C18H24N4O2S/c1-4-15(23-8-1)11-22(12-16-5-2-9-24-16)10-14-13-25-18(21-14)17-19-6-3-7-20-17/h3,6-7,13,15-16H,1-2,4-5,8-12H2/t15-,16-/m0/s1. The molecule has 2 saturated heterocycles. The molecular formula is C18H24N4O2S. The molecule has 0 saturated carbocycles. The number of ether oxygens (including phenoxy) is 2. The Morgan fingerprint density at radius 1 is 1.04 bits per heavy atom. The van der Waals surface area contributed by atoms with Crippen LogP contribution in [0.15, 0.2) is 23.8 Å². The Labute approximate surface area is 152 Å². The van der Waals surface area contributed by atoms with Crippen molar-refractivity contribution in [3.05, 3.63) is 29.5 Å². The maximum absolute atomic E-state index is 5.84. The molecule has 0 N–H and O–H groups in total. The smallest absolute Gasteiger partial charge is 0.188 e. The van der Waals surface area contributed by atoms with E-state index < -0.39 is 0 Å². The van der Waals surface area contributed by atoms with Crippen LogP contribution in [0.1, 0.15) is 31.4 Å². The van der Waals surface area contributed by atoms with E-state index >= 15 is 0 Å². The van der Waals surface area contributed by atoms with Crippen LogP contribution < -0.4 is 0 Å². The summed E-state index contributed by atoms with van der Waals surface area (Å²) in [6, 6.07) is 1.82. The van der Waals surface area contributed by atoms with Crippen LogP contribution in [-0.4, -0.2) is 58.4 Å². The third kappa shape index (κ3) is 4.61. The van der Waals surface area contributed by atoms with Gasteiger partial charge in [-0.2, -0.15) is 0 Å². The SMILES string of the molecule is c1cnc(-c2nc(CN(C[C@@H]3CCCO3)C[C@@H]3CCCO3)cs2)nc1. The van der Waals surface area contributed by atoms with Crippen molar-refractivity contribution < 1.29 is 9.47 Å². The summed E-state index contributed by atoms with van der Waals surface area (Å²) in [4.78, 5) is 15.8. The van der Waals surface area contributed by atoms with Gasteiger partial charge in [-0.15, -0.1) is 11.3 Å². The Kier molecular flexibility index (Phi) is 5.66. The van der Waals surface area contributed by atoms with Crippen LogP contribution in [0.3, 0.4) is 0 Å². The van der Waals surface area contributed by atoms with E-state index in [1.807, 2.05) is 6.07 Å². The summed E-state index contributed by atoms with van der Waals surface area (Å²) >= 11 is 1.60. The van der Waals surface area contributed by atoms with Crippen LogP contribution in [0, 0.1) is 0 Å². The second-order valence-corrected chi connectivity index (χ2v) is 7.54. The Morgan fingerprint density at radius 2 is 1.72 bits per heavy atom. The number of aromatic nitrogens is 3. The lowest BCUT2D eigenvalue weighted by Crippen LogP contribution is -2.37. The third-order valence-electron chi connectivity index (χ3n) is 4.67. The van der Waals surface area contributed by atoms with Gasteiger partial charge in [-0.3, -0.25) is 4.90 Å². The van der Waals surface area contributed by atoms with Crippen molar-refractivity contribution in [2.75, 3.05) is 26.3 Å². The topological polar surface area (TPSA) is 60.4 Å². The monoisotopic (exact) mass is 360 g/mol. The van der Waals surface area contributed by atoms with Gasteiger partial charge in [0.1, 0.15) is 0 Å². The summed E-state index contributed by atoms with van der Waals surface area (Å²) < 4.78 is 11.7. The molecule has 0 bridgehead atoms. The first kappa shape index (κ1) is 17.0. The average molecular weight is 360 g/mol. The summed E-state index contributed by atoms with van der Waals surface area (Å²) in [6.07, 6.45) is 8.85. The highest BCUT2D eigenvalue weighted by Crippen LogP contribution is 2.22. The van der Waals surface area contributed by atoms with Gasteiger partial charge >= 0.3 is 0 Å². The van der Waals surface area contributed by atoms with E-state index in [-0.39, 0.29) is 0 Å². The van der Waals surface area contributed by atoms with Gasteiger partial charge in [0.25, 0.3) is 0 Å². The first-order chi connectivity index (χ1) is 12.4. The number of thiazole rings is 1. The highest BCUT2D eigenvalue weighted by molar-refractivity contribution is 7.13. The van der Waals surface area contributed by atoms with Gasteiger partial charge in [0.05, 0.1) is 17.9 Å². The van der Waals surface area contributed by atoms with Gasteiger partial charge < -0.3 is 9.47 Å². The molecule has 25 heavy (non-hydrogen) atoms. The summed E-state index contributed by atoms with van der Waals surface area (Å²) in [7, 11) is 0. The zero-order valence-electron chi connectivity index (χ0n) is 14.3. The van der Waals surface area contributed by atoms with E-state index in [9.17, 15) is 0 Å². The zero-order chi connectivity index (χ0) is 16.9. The Morgan fingerprint density at radius 3 is 2.32 bits per heavy atom. The molecule has 2 atom stereocenters. The van der Waals surface area contributed by atoms with Gasteiger partial charge in [0.2, 0.25) is 0 Å². The maximum Gasteiger partial charge on any atom is 0.188 e. The van der Waals surface area contributed by atoms with Crippen LogP contribution in [0.5, 0.6) is 0 Å². The van der Waals surface area contributed by atoms with Crippen molar-refractivity contribution in [1.82, 2.24) is 19.9 Å². The minimum Gasteiger partial charge on any atom is -0.377 e. The summed E-state index contributed by atoms with van der Waals surface area (Å²) in [6.45, 7) is 4.52. The van der Waals surface area contributed by atoms with Crippen LogP contribution in [0.25, 0.3) is 10.8 Å². The molecule has 134 valence electrons. The number of hydrogen-bond acceptors (Lipinski definition) is 7. The third-order valence-corrected chi connectivity index (χ3v) is 5.55. The molecule has 4 heterocycles. The molecule has 4 rings (SSSR count). The van der Waals surface area contributed by atoms with E-state index in [0.717, 1.165) is 56.4 Å². The zero-order valence-corrected chi connectivity index (χ0v) is 15.2. The number of nitrogens with zero attached hydrogens (tertiary/aromatic N) is 4. The minimum absolute atomic E-state index is 0.344. The molecule has 2 aromatic rings. The van der Waals surface area contributed by atoms with Crippen LogP contribution in [0.4, 0.5) is 0 Å². The van der Waals surface area contributed by atoms with Crippen LogP contribution >= 0.6 is 11.3 Å². The summed E-state index contributed by atoms with van der Waals surface area (Å²) in [5, 5.41) is 2.99. The Bertz CT molecular complexity index is 636. The van der Waals surface area contributed by atoms with Crippen molar-refractivity contribution in [2.45, 2.75) is 44.4 Å². The van der Waals surface area contributed by atoms with E-state index in [0.29, 0.717) is 18.0 Å². The molecule has 0 spiro atoms. The molecule has 6 nitrogen and oxygen atoms in total. The maximum atomic E-state index is 5.84. The molecule has 0 aromatic carbocycles. The van der Waals surface area contributed by atoms with Crippen LogP contribution in [-0.2, 0) is 16.0 Å². The minimum atomic E-state index is 0.344. The highest BCUT2D eigenvalue weighted by Gasteiger charge is 2.24. The van der Waals surface area contributed by atoms with E-state index in [4.69, 9.17) is 14.5 Å². The van der Waals surface area contributed by atoms with Gasteiger partial charge in [-0.1, -0.05) is 0 Å². The van der Waals surface area contributed by atoms with Crippen molar-refractivity contribution in [3.63, 3.8) is 0 Å². The highest BCUT2D eigenvalue weighted by atomic mass is 32.1. The molecule has 0 aliphatic carbocycles. The fraction of sp³-hybridized carbons (Fsp3) is 0.611. The van der Waals surface area contributed by atoms with Crippen molar-refractivity contribution in [1.29, 1.82) is 0 Å². The first-order valence-electron chi connectivity index (χ1n) is 9.04. The normalized spacial score (nSPS) is 23.6. The fourth-order valence-corrected chi connectivity index (χ4v) is 4.23. The second kappa shape index (κ2) is 8.31. The fourth-order valence-electron chi connectivity index (χ4n) is 3.48. The van der Waals surface area contributed by atoms with Gasteiger partial charge in [0.15, 0.2) is 10.8 Å². The molecule has 2 fully saturated rings. The van der Waals surface area contributed by atoms with Gasteiger partial charge in [-0.05, 0) is 31.7 Å². The van der Waals surface area contributed by atoms with Crippen molar-refractivity contribution in [3.8, 4) is 10.8 Å². The lowest BCUT2D eigenvalue weighted by molar-refractivity contribution is 0.0342. The Hall–Kier alpha value is -1.41. The predicted molar refractivity (Wildman–Crippen MR) is 96.4 cm³/mol. The largest absolute Gasteiger partial charge is 0.377 e. The second-order valence-electron chi connectivity index (χ2n) is 6.68. The quantitative estimate of drug-likeness (QED) is 0.757. The molecule has 0 unspecified atom stereocenters. The van der Waals surface area contributed by atoms with Gasteiger partial charge in [-0.25, -0.2) is 15.0 Å². The molecule has 2 aromatic heterocycles. The van der Waals surface area contributed by atoms with E-state index in [2.05, 4.69) is 20.2 Å². The number of rotatable bonds is 7. The molecule has 2 aliphatic rings. The predicted octanol–water partition coefficient (Wildman–Crippen LogP) is 2.76.